The molecule has 136 valence electrons. The summed E-state index contributed by atoms with van der Waals surface area (Å²) in [6.45, 7) is 6.27. The number of methoxy groups -OCH3 is 1. The first-order valence-corrected chi connectivity index (χ1v) is 8.80. The molecule has 26 heavy (non-hydrogen) atoms. The quantitative estimate of drug-likeness (QED) is 0.373. The molecule has 0 heterocycles. The Bertz CT molecular complexity index is 759. The Morgan fingerprint density at radius 1 is 0.846 bits per heavy atom. The van der Waals surface area contributed by atoms with E-state index in [4.69, 9.17) is 9.47 Å². The van der Waals surface area contributed by atoms with Crippen LogP contribution < -0.4 is 0 Å². The predicted octanol–water partition coefficient (Wildman–Crippen LogP) is 5.55. The van der Waals surface area contributed by atoms with Crippen LogP contribution in [0.5, 0.6) is 0 Å². The molecule has 0 radical (unpaired) electrons. The largest absolute Gasteiger partial charge is 0.490 e. The first kappa shape index (κ1) is 19.5. The standard InChI is InChI=1S/C23H26O3/c1-17(2)18(3)21(15-19-11-7-5-8-12-19)26-23(24)22(25-4)16-20-13-9-6-10-14-20/h5-18H,1-4H3. The number of carbonyl (C=O) groups is 1. The molecule has 0 spiro atoms. The van der Waals surface area contributed by atoms with E-state index in [1.807, 2.05) is 66.7 Å². The lowest BCUT2D eigenvalue weighted by molar-refractivity contribution is -0.139. The highest BCUT2D eigenvalue weighted by atomic mass is 16.6. The van der Waals surface area contributed by atoms with Crippen LogP contribution in [-0.2, 0) is 14.3 Å². The maximum absolute atomic E-state index is 12.6. The van der Waals surface area contributed by atoms with Crippen molar-refractivity contribution in [2.45, 2.75) is 20.8 Å². The Kier molecular flexibility index (Phi) is 7.22. The molecule has 1 atom stereocenters. The van der Waals surface area contributed by atoms with Gasteiger partial charge in [0.2, 0.25) is 5.76 Å². The number of benzene rings is 2. The lowest BCUT2D eigenvalue weighted by atomic mass is 9.94. The smallest absolute Gasteiger partial charge is 0.378 e. The predicted molar refractivity (Wildman–Crippen MR) is 106 cm³/mol. The minimum atomic E-state index is -0.494. The molecule has 0 aliphatic carbocycles. The zero-order valence-corrected chi connectivity index (χ0v) is 15.8. The third-order valence-corrected chi connectivity index (χ3v) is 4.29. The SMILES string of the molecule is COC(=Cc1ccccc1)C(=O)OC(=Cc1ccccc1)C(C)C(C)C. The fraction of sp³-hybridized carbons (Fsp3) is 0.261. The molecule has 0 aliphatic rings. The van der Waals surface area contributed by atoms with Crippen molar-refractivity contribution in [1.29, 1.82) is 0 Å². The van der Waals surface area contributed by atoms with Gasteiger partial charge < -0.3 is 9.47 Å². The first-order valence-electron chi connectivity index (χ1n) is 8.80. The van der Waals surface area contributed by atoms with Crippen molar-refractivity contribution in [2.75, 3.05) is 7.11 Å². The van der Waals surface area contributed by atoms with E-state index < -0.39 is 5.97 Å². The second-order valence-corrected chi connectivity index (χ2v) is 6.50. The number of hydrogen-bond donors (Lipinski definition) is 0. The number of rotatable bonds is 7. The molecule has 1 unspecified atom stereocenters. The van der Waals surface area contributed by atoms with Gasteiger partial charge in [0.1, 0.15) is 5.76 Å². The number of esters is 1. The van der Waals surface area contributed by atoms with Crippen molar-refractivity contribution in [2.24, 2.45) is 11.8 Å². The van der Waals surface area contributed by atoms with E-state index in [2.05, 4.69) is 20.8 Å². The van der Waals surface area contributed by atoms with Gasteiger partial charge in [-0.1, -0.05) is 81.4 Å². The van der Waals surface area contributed by atoms with Crippen molar-refractivity contribution in [3.05, 3.63) is 83.3 Å². The van der Waals surface area contributed by atoms with Gasteiger partial charge in [-0.3, -0.25) is 0 Å². The van der Waals surface area contributed by atoms with Crippen LogP contribution in [0.2, 0.25) is 0 Å². The second-order valence-electron chi connectivity index (χ2n) is 6.50. The third-order valence-electron chi connectivity index (χ3n) is 4.29. The molecule has 2 aromatic carbocycles. The number of ether oxygens (including phenoxy) is 2. The summed E-state index contributed by atoms with van der Waals surface area (Å²) >= 11 is 0. The van der Waals surface area contributed by atoms with Crippen LogP contribution in [0.25, 0.3) is 12.2 Å². The topological polar surface area (TPSA) is 35.5 Å². The highest BCUT2D eigenvalue weighted by molar-refractivity contribution is 5.92. The number of carbonyl (C=O) groups excluding carboxylic acids is 1. The highest BCUT2D eigenvalue weighted by Gasteiger charge is 2.21. The molecule has 3 nitrogen and oxygen atoms in total. The first-order chi connectivity index (χ1) is 12.5. The minimum absolute atomic E-state index is 0.0917. The lowest BCUT2D eigenvalue weighted by Gasteiger charge is -2.20. The van der Waals surface area contributed by atoms with Gasteiger partial charge in [0.05, 0.1) is 7.11 Å². The van der Waals surface area contributed by atoms with Gasteiger partial charge in [0, 0.05) is 5.92 Å². The van der Waals surface area contributed by atoms with Crippen LogP contribution in [0.4, 0.5) is 0 Å². The summed E-state index contributed by atoms with van der Waals surface area (Å²) in [6, 6.07) is 19.4. The average Bonchev–Trinajstić information content (AvgIpc) is 2.66. The van der Waals surface area contributed by atoms with Gasteiger partial charge in [-0.25, -0.2) is 4.79 Å². The normalized spacial score (nSPS) is 13.4. The van der Waals surface area contributed by atoms with Crippen molar-refractivity contribution < 1.29 is 14.3 Å². The van der Waals surface area contributed by atoms with Crippen LogP contribution in [0.15, 0.2) is 72.2 Å². The number of allylic oxidation sites excluding steroid dienone is 1. The van der Waals surface area contributed by atoms with Crippen LogP contribution in [0.3, 0.4) is 0 Å². The average molecular weight is 350 g/mol. The highest BCUT2D eigenvalue weighted by Crippen LogP contribution is 2.25. The fourth-order valence-corrected chi connectivity index (χ4v) is 2.36. The Balaban J connectivity index is 2.27. The van der Waals surface area contributed by atoms with Crippen LogP contribution in [0, 0.1) is 11.8 Å². The van der Waals surface area contributed by atoms with Gasteiger partial charge in [-0.2, -0.15) is 0 Å². The fourth-order valence-electron chi connectivity index (χ4n) is 2.36. The summed E-state index contributed by atoms with van der Waals surface area (Å²) in [5.41, 5.74) is 1.88. The molecule has 0 fully saturated rings. The van der Waals surface area contributed by atoms with Crippen molar-refractivity contribution >= 4 is 18.1 Å². The van der Waals surface area contributed by atoms with Crippen LogP contribution in [-0.4, -0.2) is 13.1 Å². The maximum atomic E-state index is 12.6. The maximum Gasteiger partial charge on any atom is 0.378 e. The van der Waals surface area contributed by atoms with Gasteiger partial charge >= 0.3 is 5.97 Å². The molecule has 0 N–H and O–H groups in total. The van der Waals surface area contributed by atoms with Gasteiger partial charge in [-0.05, 0) is 29.2 Å². The minimum Gasteiger partial charge on any atom is -0.490 e. The summed E-state index contributed by atoms with van der Waals surface area (Å²) in [5.74, 6) is 0.736. The van der Waals surface area contributed by atoms with Crippen molar-refractivity contribution in [3.63, 3.8) is 0 Å². The molecule has 0 bridgehead atoms. The molecule has 0 amide bonds. The van der Waals surface area contributed by atoms with E-state index in [0.717, 1.165) is 11.1 Å². The third kappa shape index (κ3) is 5.62. The molecule has 0 aliphatic heterocycles. The van der Waals surface area contributed by atoms with Crippen LogP contribution in [0.1, 0.15) is 31.9 Å². The zero-order chi connectivity index (χ0) is 18.9. The van der Waals surface area contributed by atoms with E-state index in [1.54, 1.807) is 6.08 Å². The van der Waals surface area contributed by atoms with Crippen molar-refractivity contribution in [1.82, 2.24) is 0 Å². The Labute approximate surface area is 156 Å². The van der Waals surface area contributed by atoms with E-state index in [-0.39, 0.29) is 11.7 Å². The summed E-state index contributed by atoms with van der Waals surface area (Å²) in [4.78, 5) is 12.6. The Morgan fingerprint density at radius 3 is 1.81 bits per heavy atom. The lowest BCUT2D eigenvalue weighted by Crippen LogP contribution is -2.16. The number of hydrogen-bond acceptors (Lipinski definition) is 3. The second kappa shape index (κ2) is 9.62. The molecule has 0 saturated carbocycles. The van der Waals surface area contributed by atoms with Gasteiger partial charge in [0.25, 0.3) is 0 Å². The Hall–Kier alpha value is -2.81. The molecule has 2 rings (SSSR count). The molecular weight excluding hydrogens is 324 g/mol. The van der Waals surface area contributed by atoms with E-state index >= 15 is 0 Å². The van der Waals surface area contributed by atoms with Crippen LogP contribution >= 0.6 is 0 Å². The van der Waals surface area contributed by atoms with Gasteiger partial charge in [-0.15, -0.1) is 0 Å². The van der Waals surface area contributed by atoms with E-state index in [1.165, 1.54) is 7.11 Å². The monoisotopic (exact) mass is 350 g/mol. The zero-order valence-electron chi connectivity index (χ0n) is 15.8. The van der Waals surface area contributed by atoms with E-state index in [9.17, 15) is 4.79 Å². The summed E-state index contributed by atoms with van der Waals surface area (Å²) in [6.07, 6.45) is 3.60. The summed E-state index contributed by atoms with van der Waals surface area (Å²) in [7, 11) is 1.47. The Morgan fingerprint density at radius 2 is 1.35 bits per heavy atom. The summed E-state index contributed by atoms with van der Waals surface area (Å²) in [5, 5.41) is 0. The molecular formula is C23H26O3. The molecule has 0 aromatic heterocycles. The molecule has 3 heteroatoms. The molecule has 0 saturated heterocycles. The van der Waals surface area contributed by atoms with E-state index in [0.29, 0.717) is 11.7 Å². The van der Waals surface area contributed by atoms with Gasteiger partial charge in [0.15, 0.2) is 0 Å². The van der Waals surface area contributed by atoms with Crippen molar-refractivity contribution in [3.8, 4) is 0 Å². The molecule has 2 aromatic rings. The summed E-state index contributed by atoms with van der Waals surface area (Å²) < 4.78 is 11.0.